The lowest BCUT2D eigenvalue weighted by atomic mass is 10.1. The first kappa shape index (κ1) is 19.9. The van der Waals surface area contributed by atoms with Crippen molar-refractivity contribution in [2.75, 3.05) is 13.2 Å². The summed E-state index contributed by atoms with van der Waals surface area (Å²) < 4.78 is 10.6. The number of esters is 1. The molecule has 0 fully saturated rings. The second-order valence-electron chi connectivity index (χ2n) is 6.09. The first-order valence-electron chi connectivity index (χ1n) is 9.03. The molecule has 0 unspecified atom stereocenters. The van der Waals surface area contributed by atoms with Crippen molar-refractivity contribution in [3.63, 3.8) is 0 Å². The van der Waals surface area contributed by atoms with E-state index in [2.05, 4.69) is 15.4 Å². The van der Waals surface area contributed by atoms with Crippen LogP contribution in [0.4, 0.5) is 0 Å². The molecule has 0 saturated carbocycles. The quantitative estimate of drug-likeness (QED) is 0.332. The van der Waals surface area contributed by atoms with Gasteiger partial charge in [-0.25, -0.2) is 4.79 Å². The third kappa shape index (κ3) is 5.13. The smallest absolute Gasteiger partial charge is 0.364 e. The van der Waals surface area contributed by atoms with Gasteiger partial charge in [-0.1, -0.05) is 65.0 Å². The molecule has 0 radical (unpaired) electrons. The van der Waals surface area contributed by atoms with Crippen molar-refractivity contribution in [3.8, 4) is 5.88 Å². The topological polar surface area (TPSA) is 95.7 Å². The molecule has 0 N–H and O–H groups in total. The molecule has 0 amide bonds. The molecule has 1 aromatic heterocycles. The van der Waals surface area contributed by atoms with Gasteiger partial charge in [0.15, 0.2) is 12.4 Å². The van der Waals surface area contributed by atoms with Gasteiger partial charge in [-0.05, 0) is 24.6 Å². The summed E-state index contributed by atoms with van der Waals surface area (Å²) in [6.45, 7) is 3.53. The van der Waals surface area contributed by atoms with Crippen LogP contribution in [0.2, 0.25) is 0 Å². The maximum absolute atomic E-state index is 12.3. The molecular formula is C21H20N4O4. The minimum absolute atomic E-state index is 0.0592. The minimum atomic E-state index is -0.702. The number of ether oxygens (including phenoxy) is 2. The molecule has 8 heteroatoms. The molecule has 2 aromatic carbocycles. The van der Waals surface area contributed by atoms with Crippen molar-refractivity contribution in [3.05, 3.63) is 77.0 Å². The Morgan fingerprint density at radius 3 is 2.52 bits per heavy atom. The molecule has 29 heavy (non-hydrogen) atoms. The Bertz CT molecular complexity index is 1010. The normalized spacial score (nSPS) is 10.8. The van der Waals surface area contributed by atoms with Crippen LogP contribution in [0.3, 0.4) is 0 Å². The molecule has 0 spiro atoms. The summed E-state index contributed by atoms with van der Waals surface area (Å²) in [4.78, 5) is 25.5. The Balaban J connectivity index is 1.83. The summed E-state index contributed by atoms with van der Waals surface area (Å²) in [7, 11) is 0. The Morgan fingerprint density at radius 1 is 1.10 bits per heavy atom. The molecule has 8 nitrogen and oxygen atoms in total. The number of nitrogens with zero attached hydrogens (tertiary/aromatic N) is 4. The molecule has 3 rings (SSSR count). The molecule has 1 heterocycles. The highest BCUT2D eigenvalue weighted by Gasteiger charge is 2.23. The number of benzene rings is 2. The van der Waals surface area contributed by atoms with Gasteiger partial charge in [0.2, 0.25) is 5.69 Å². The van der Waals surface area contributed by atoms with Crippen LogP contribution in [-0.4, -0.2) is 46.3 Å². The number of Topliss-reactive ketones (excluding diaryl/α,β-unsaturated/α-hetero) is 1. The van der Waals surface area contributed by atoms with Gasteiger partial charge in [0.05, 0.1) is 12.8 Å². The van der Waals surface area contributed by atoms with E-state index in [-0.39, 0.29) is 30.6 Å². The maximum atomic E-state index is 12.3. The van der Waals surface area contributed by atoms with E-state index < -0.39 is 5.97 Å². The maximum Gasteiger partial charge on any atom is 0.364 e. The standard InChI is InChI=1S/C21H20N4O4/c1-3-28-21(27)19-20(29-14-18(26)17-7-5-4-6-8-17)25(24-23-19)22-13-16-11-9-15(2)10-12-16/h4-13H,3,14H2,1-2H3/b22-13+. The average molecular weight is 392 g/mol. The zero-order chi connectivity index (χ0) is 20.6. The summed E-state index contributed by atoms with van der Waals surface area (Å²) in [6, 6.07) is 16.4. The van der Waals surface area contributed by atoms with Crippen molar-refractivity contribution in [2.24, 2.45) is 5.10 Å². The van der Waals surface area contributed by atoms with Crippen molar-refractivity contribution < 1.29 is 19.1 Å². The summed E-state index contributed by atoms with van der Waals surface area (Å²) in [5.41, 5.74) is 2.30. The van der Waals surface area contributed by atoms with Crippen molar-refractivity contribution in [1.29, 1.82) is 0 Å². The Morgan fingerprint density at radius 2 is 1.83 bits per heavy atom. The second-order valence-corrected chi connectivity index (χ2v) is 6.09. The predicted octanol–water partition coefficient (Wildman–Crippen LogP) is 2.91. The lowest BCUT2D eigenvalue weighted by Crippen LogP contribution is -2.15. The van der Waals surface area contributed by atoms with E-state index >= 15 is 0 Å². The van der Waals surface area contributed by atoms with Gasteiger partial charge < -0.3 is 9.47 Å². The number of carbonyl (C=O) groups is 2. The fourth-order valence-electron chi connectivity index (χ4n) is 2.41. The van der Waals surface area contributed by atoms with E-state index in [0.717, 1.165) is 15.9 Å². The van der Waals surface area contributed by atoms with E-state index in [1.54, 1.807) is 37.4 Å². The molecule has 0 aliphatic rings. The summed E-state index contributed by atoms with van der Waals surface area (Å²) >= 11 is 0. The number of aromatic nitrogens is 3. The van der Waals surface area contributed by atoms with E-state index in [4.69, 9.17) is 9.47 Å². The van der Waals surface area contributed by atoms with Crippen LogP contribution in [-0.2, 0) is 4.74 Å². The van der Waals surface area contributed by atoms with E-state index in [1.165, 1.54) is 0 Å². The number of carbonyl (C=O) groups excluding carboxylic acids is 2. The van der Waals surface area contributed by atoms with Crippen LogP contribution >= 0.6 is 0 Å². The molecule has 3 aromatic rings. The van der Waals surface area contributed by atoms with Crippen LogP contribution in [0.25, 0.3) is 0 Å². The second kappa shape index (κ2) is 9.41. The Labute approximate surface area is 167 Å². The Hall–Kier alpha value is -3.81. The number of hydrogen-bond donors (Lipinski definition) is 0. The van der Waals surface area contributed by atoms with Gasteiger partial charge >= 0.3 is 5.97 Å². The van der Waals surface area contributed by atoms with Gasteiger partial charge in [0.1, 0.15) is 0 Å². The molecular weight excluding hydrogens is 372 g/mol. The summed E-state index contributed by atoms with van der Waals surface area (Å²) in [5, 5.41) is 11.8. The third-order valence-electron chi connectivity index (χ3n) is 3.91. The van der Waals surface area contributed by atoms with Crippen LogP contribution in [0.5, 0.6) is 5.88 Å². The molecule has 0 saturated heterocycles. The zero-order valence-corrected chi connectivity index (χ0v) is 16.1. The van der Waals surface area contributed by atoms with E-state index in [9.17, 15) is 9.59 Å². The highest BCUT2D eigenvalue weighted by Crippen LogP contribution is 2.17. The van der Waals surface area contributed by atoms with E-state index in [1.807, 2.05) is 37.3 Å². The van der Waals surface area contributed by atoms with Gasteiger partial charge in [-0.3, -0.25) is 4.79 Å². The van der Waals surface area contributed by atoms with Crippen molar-refractivity contribution in [1.82, 2.24) is 15.1 Å². The number of ketones is 1. The van der Waals surface area contributed by atoms with Crippen molar-refractivity contribution in [2.45, 2.75) is 13.8 Å². The lowest BCUT2D eigenvalue weighted by molar-refractivity contribution is 0.0512. The molecule has 0 atom stereocenters. The molecule has 0 bridgehead atoms. The average Bonchev–Trinajstić information content (AvgIpc) is 3.15. The van der Waals surface area contributed by atoms with Crippen LogP contribution in [0, 0.1) is 6.92 Å². The number of aryl methyl sites for hydroxylation is 1. The van der Waals surface area contributed by atoms with Gasteiger partial charge in [0, 0.05) is 5.56 Å². The summed E-state index contributed by atoms with van der Waals surface area (Å²) in [6.07, 6.45) is 1.55. The van der Waals surface area contributed by atoms with Crippen LogP contribution < -0.4 is 4.74 Å². The highest BCUT2D eigenvalue weighted by atomic mass is 16.5. The molecule has 148 valence electrons. The fourth-order valence-corrected chi connectivity index (χ4v) is 2.41. The third-order valence-corrected chi connectivity index (χ3v) is 3.91. The minimum Gasteiger partial charge on any atom is -0.466 e. The SMILES string of the molecule is CCOC(=O)c1nnn(/N=C/c2ccc(C)cc2)c1OCC(=O)c1ccccc1. The zero-order valence-electron chi connectivity index (χ0n) is 16.1. The Kier molecular flexibility index (Phi) is 6.47. The van der Waals surface area contributed by atoms with Gasteiger partial charge in [0.25, 0.3) is 5.88 Å². The van der Waals surface area contributed by atoms with E-state index in [0.29, 0.717) is 5.56 Å². The van der Waals surface area contributed by atoms with Gasteiger partial charge in [-0.2, -0.15) is 5.10 Å². The highest BCUT2D eigenvalue weighted by molar-refractivity contribution is 5.97. The number of rotatable bonds is 8. The monoisotopic (exact) mass is 392 g/mol. The first-order chi connectivity index (χ1) is 14.1. The largest absolute Gasteiger partial charge is 0.466 e. The van der Waals surface area contributed by atoms with Crippen LogP contribution in [0.15, 0.2) is 59.7 Å². The fraction of sp³-hybridized carbons (Fsp3) is 0.190. The number of hydrogen-bond acceptors (Lipinski definition) is 7. The van der Waals surface area contributed by atoms with Crippen LogP contribution in [0.1, 0.15) is 38.9 Å². The summed E-state index contributed by atoms with van der Waals surface area (Å²) in [5.74, 6) is -1.02. The lowest BCUT2D eigenvalue weighted by Gasteiger charge is -2.07. The predicted molar refractivity (Wildman–Crippen MR) is 106 cm³/mol. The first-order valence-corrected chi connectivity index (χ1v) is 9.03. The van der Waals surface area contributed by atoms with Crippen molar-refractivity contribution >= 4 is 18.0 Å². The molecule has 0 aliphatic heterocycles. The van der Waals surface area contributed by atoms with Gasteiger partial charge in [-0.15, -0.1) is 5.10 Å². The molecule has 0 aliphatic carbocycles.